The molecule has 2 aromatic rings. The number of imidazole rings is 1. The molecule has 1 saturated carbocycles. The van der Waals surface area contributed by atoms with E-state index in [1.165, 1.54) is 13.4 Å². The van der Waals surface area contributed by atoms with Gasteiger partial charge in [0.1, 0.15) is 11.5 Å². The molecule has 1 heterocycles. The maximum Gasteiger partial charge on any atom is 0.272 e. The van der Waals surface area contributed by atoms with Crippen molar-refractivity contribution in [3.63, 3.8) is 0 Å². The molecule has 1 aliphatic rings. The van der Waals surface area contributed by atoms with Gasteiger partial charge in [-0.15, -0.1) is 0 Å². The number of benzene rings is 1. The fraction of sp³-hybridized carbons (Fsp3) is 0.368. The molecule has 0 bridgehead atoms. The summed E-state index contributed by atoms with van der Waals surface area (Å²) in [6, 6.07) is 1.60. The number of carbonyl (C=O) groups is 3. The van der Waals surface area contributed by atoms with E-state index < -0.39 is 23.4 Å². The zero-order valence-electron chi connectivity index (χ0n) is 16.0. The fourth-order valence-electron chi connectivity index (χ4n) is 3.41. The van der Waals surface area contributed by atoms with Crippen molar-refractivity contribution in [1.82, 2.24) is 20.6 Å². The first-order valence-electron chi connectivity index (χ1n) is 9.31. The molecule has 1 fully saturated rings. The fourth-order valence-corrected chi connectivity index (χ4v) is 3.91. The van der Waals surface area contributed by atoms with Crippen molar-refractivity contribution < 1.29 is 23.2 Å². The van der Waals surface area contributed by atoms with Crippen molar-refractivity contribution in [2.75, 3.05) is 12.4 Å². The second-order valence-electron chi connectivity index (χ2n) is 6.96. The smallest absolute Gasteiger partial charge is 0.272 e. The SMILES string of the molecule is CNC(=O)c1[nH]cnc1C(=O)NC1CCC(C(=O)Nc2c(F)cc(F)cc2Br)CC1. The summed E-state index contributed by atoms with van der Waals surface area (Å²) in [6.45, 7) is 0. The quantitative estimate of drug-likeness (QED) is 0.523. The van der Waals surface area contributed by atoms with Crippen molar-refractivity contribution >= 4 is 39.3 Å². The lowest BCUT2D eigenvalue weighted by molar-refractivity contribution is -0.120. The van der Waals surface area contributed by atoms with Crippen molar-refractivity contribution in [3.05, 3.63) is 46.0 Å². The van der Waals surface area contributed by atoms with Crippen LogP contribution in [0.15, 0.2) is 22.9 Å². The van der Waals surface area contributed by atoms with Crippen LogP contribution in [0, 0.1) is 17.6 Å². The van der Waals surface area contributed by atoms with E-state index in [0.717, 1.165) is 6.07 Å². The Kier molecular flexibility index (Phi) is 6.80. The van der Waals surface area contributed by atoms with Crippen LogP contribution in [0.4, 0.5) is 14.5 Å². The van der Waals surface area contributed by atoms with Gasteiger partial charge in [-0.1, -0.05) is 0 Å². The van der Waals surface area contributed by atoms with E-state index in [1.807, 2.05) is 0 Å². The molecule has 0 atom stereocenters. The molecule has 0 aliphatic heterocycles. The Balaban J connectivity index is 1.55. The number of hydrogen-bond acceptors (Lipinski definition) is 4. The van der Waals surface area contributed by atoms with Gasteiger partial charge in [-0.3, -0.25) is 14.4 Å². The average Bonchev–Trinajstić information content (AvgIpc) is 3.20. The molecular weight excluding hydrogens is 464 g/mol. The lowest BCUT2D eigenvalue weighted by Gasteiger charge is -2.28. The maximum atomic E-state index is 13.9. The lowest BCUT2D eigenvalue weighted by Crippen LogP contribution is -2.40. The molecule has 8 nitrogen and oxygen atoms in total. The van der Waals surface area contributed by atoms with Crippen molar-refractivity contribution in [1.29, 1.82) is 0 Å². The number of nitrogens with zero attached hydrogens (tertiary/aromatic N) is 1. The van der Waals surface area contributed by atoms with Crippen LogP contribution in [-0.2, 0) is 4.79 Å². The number of amides is 3. The van der Waals surface area contributed by atoms with Gasteiger partial charge in [0.25, 0.3) is 11.8 Å². The largest absolute Gasteiger partial charge is 0.354 e. The van der Waals surface area contributed by atoms with Crippen LogP contribution in [0.3, 0.4) is 0 Å². The van der Waals surface area contributed by atoms with Gasteiger partial charge >= 0.3 is 0 Å². The van der Waals surface area contributed by atoms with Gasteiger partial charge in [0, 0.05) is 29.5 Å². The number of anilines is 1. The van der Waals surface area contributed by atoms with Crippen LogP contribution in [-0.4, -0.2) is 40.8 Å². The third-order valence-electron chi connectivity index (χ3n) is 5.00. The van der Waals surface area contributed by atoms with Gasteiger partial charge in [-0.25, -0.2) is 13.8 Å². The van der Waals surface area contributed by atoms with Crippen LogP contribution >= 0.6 is 15.9 Å². The minimum Gasteiger partial charge on any atom is -0.354 e. The third kappa shape index (κ3) is 4.84. The minimum atomic E-state index is -0.859. The van der Waals surface area contributed by atoms with E-state index in [4.69, 9.17) is 0 Å². The highest BCUT2D eigenvalue weighted by molar-refractivity contribution is 9.10. The number of nitrogens with one attached hydrogen (secondary N) is 4. The molecule has 3 rings (SSSR count). The summed E-state index contributed by atoms with van der Waals surface area (Å²) < 4.78 is 27.2. The number of carbonyl (C=O) groups excluding carboxylic acids is 3. The van der Waals surface area contributed by atoms with Gasteiger partial charge in [-0.05, 0) is 47.7 Å². The topological polar surface area (TPSA) is 116 Å². The maximum absolute atomic E-state index is 13.9. The molecule has 4 N–H and O–H groups in total. The summed E-state index contributed by atoms with van der Waals surface area (Å²) in [5.74, 6) is -3.24. The minimum absolute atomic E-state index is 0.00542. The lowest BCUT2D eigenvalue weighted by atomic mass is 9.85. The number of rotatable bonds is 5. The summed E-state index contributed by atoms with van der Waals surface area (Å²) in [6.07, 6.45) is 3.32. The number of halogens is 3. The van der Waals surface area contributed by atoms with Gasteiger partial charge in [0.2, 0.25) is 5.91 Å². The molecule has 11 heteroatoms. The van der Waals surface area contributed by atoms with E-state index in [0.29, 0.717) is 31.7 Å². The Labute approximate surface area is 179 Å². The highest BCUT2D eigenvalue weighted by Crippen LogP contribution is 2.30. The summed E-state index contributed by atoms with van der Waals surface area (Å²) in [7, 11) is 1.45. The normalized spacial score (nSPS) is 18.5. The molecule has 0 unspecified atom stereocenters. The van der Waals surface area contributed by atoms with Crippen LogP contribution < -0.4 is 16.0 Å². The standard InChI is InChI=1S/C19H20BrF2N5O3/c1-23-18(29)15-16(25-8-24-15)19(30)26-11-4-2-9(3-5-11)17(28)27-14-12(20)6-10(21)7-13(14)22/h6-9,11H,2-5H2,1H3,(H,23,29)(H,24,25)(H,26,30)(H,27,28). The van der Waals surface area contributed by atoms with Crippen LogP contribution in [0.25, 0.3) is 0 Å². The van der Waals surface area contributed by atoms with Gasteiger partial charge in [0.15, 0.2) is 11.5 Å². The monoisotopic (exact) mass is 483 g/mol. The molecule has 0 spiro atoms. The molecular formula is C19H20BrF2N5O3. The zero-order chi connectivity index (χ0) is 21.8. The average molecular weight is 484 g/mol. The van der Waals surface area contributed by atoms with E-state index in [1.54, 1.807) is 0 Å². The summed E-state index contributed by atoms with van der Waals surface area (Å²) in [5, 5.41) is 7.77. The van der Waals surface area contributed by atoms with Crippen molar-refractivity contribution in [2.45, 2.75) is 31.7 Å². The zero-order valence-corrected chi connectivity index (χ0v) is 17.6. The van der Waals surface area contributed by atoms with Gasteiger partial charge in [-0.2, -0.15) is 0 Å². The second-order valence-corrected chi connectivity index (χ2v) is 7.82. The third-order valence-corrected chi connectivity index (χ3v) is 5.62. The number of aromatic amines is 1. The Morgan fingerprint density at radius 1 is 1.13 bits per heavy atom. The van der Waals surface area contributed by atoms with Crippen LogP contribution in [0.5, 0.6) is 0 Å². The predicted octanol–water partition coefficient (Wildman–Crippen LogP) is 2.74. The van der Waals surface area contributed by atoms with E-state index in [9.17, 15) is 23.2 Å². The van der Waals surface area contributed by atoms with Crippen molar-refractivity contribution in [2.24, 2.45) is 5.92 Å². The molecule has 1 aliphatic carbocycles. The van der Waals surface area contributed by atoms with Crippen molar-refractivity contribution in [3.8, 4) is 0 Å². The first-order valence-corrected chi connectivity index (χ1v) is 10.1. The van der Waals surface area contributed by atoms with Gasteiger partial charge in [0.05, 0.1) is 12.0 Å². The Hall–Kier alpha value is -2.82. The van der Waals surface area contributed by atoms with E-state index in [2.05, 4.69) is 41.8 Å². The first kappa shape index (κ1) is 21.9. The van der Waals surface area contributed by atoms with Crippen LogP contribution in [0.1, 0.15) is 46.7 Å². The second kappa shape index (κ2) is 9.33. The highest BCUT2D eigenvalue weighted by Gasteiger charge is 2.29. The van der Waals surface area contributed by atoms with Gasteiger partial charge < -0.3 is 20.9 Å². The molecule has 1 aromatic heterocycles. The molecule has 1 aromatic carbocycles. The highest BCUT2D eigenvalue weighted by atomic mass is 79.9. The summed E-state index contributed by atoms with van der Waals surface area (Å²) in [5.41, 5.74) is -0.0158. The first-order chi connectivity index (χ1) is 14.3. The number of H-pyrrole nitrogens is 1. The summed E-state index contributed by atoms with van der Waals surface area (Å²) in [4.78, 5) is 43.2. The predicted molar refractivity (Wildman–Crippen MR) is 108 cm³/mol. The van der Waals surface area contributed by atoms with E-state index >= 15 is 0 Å². The molecule has 0 radical (unpaired) electrons. The molecule has 30 heavy (non-hydrogen) atoms. The van der Waals surface area contributed by atoms with E-state index in [-0.39, 0.29) is 39.4 Å². The molecule has 3 amide bonds. The number of hydrogen-bond donors (Lipinski definition) is 4. The number of aromatic nitrogens is 2. The Morgan fingerprint density at radius 2 is 1.83 bits per heavy atom. The molecule has 0 saturated heterocycles. The Bertz CT molecular complexity index is 950. The Morgan fingerprint density at radius 3 is 2.47 bits per heavy atom. The van der Waals surface area contributed by atoms with Crippen LogP contribution in [0.2, 0.25) is 0 Å². The molecule has 160 valence electrons. The summed E-state index contributed by atoms with van der Waals surface area (Å²) >= 11 is 3.05.